The summed E-state index contributed by atoms with van der Waals surface area (Å²) >= 11 is 1.32. The summed E-state index contributed by atoms with van der Waals surface area (Å²) in [5.41, 5.74) is 6.28. The van der Waals surface area contributed by atoms with Gasteiger partial charge in [-0.15, -0.1) is 0 Å². The molecule has 2 rings (SSSR count). The van der Waals surface area contributed by atoms with E-state index in [-0.39, 0.29) is 0 Å². The van der Waals surface area contributed by atoms with Gasteiger partial charge in [-0.3, -0.25) is 0 Å². The Bertz CT molecular complexity index is 502. The van der Waals surface area contributed by atoms with Crippen molar-refractivity contribution >= 4 is 40.5 Å². The van der Waals surface area contributed by atoms with E-state index in [0.717, 1.165) is 15.7 Å². The van der Waals surface area contributed by atoms with Gasteiger partial charge in [0.25, 0.3) is 0 Å². The number of nitrogen functional groups attached to an aromatic ring is 1. The van der Waals surface area contributed by atoms with E-state index in [1.165, 1.54) is 0 Å². The van der Waals surface area contributed by atoms with Crippen molar-refractivity contribution in [3.63, 3.8) is 0 Å². The maximum atomic E-state index is 9.15. The minimum absolute atomic E-state index is 0.537. The first-order chi connectivity index (χ1) is 7.27. The van der Waals surface area contributed by atoms with Gasteiger partial charge in [0, 0.05) is 40.1 Å². The van der Waals surface area contributed by atoms with Crippen LogP contribution < -0.4 is 5.73 Å². The first-order valence-corrected chi connectivity index (χ1v) is 5.76. The van der Waals surface area contributed by atoms with Crippen molar-refractivity contribution in [2.75, 3.05) is 5.73 Å². The Labute approximate surface area is 95.7 Å². The Morgan fingerprint density at radius 3 is 2.40 bits per heavy atom. The van der Waals surface area contributed by atoms with Gasteiger partial charge in [-0.1, -0.05) is 18.2 Å². The molecule has 78 valence electrons. The van der Waals surface area contributed by atoms with Crippen LogP contribution in [-0.2, 0) is 0 Å². The smallest absolute Gasteiger partial charge is 0.0658 e. The third kappa shape index (κ3) is 1.79. The van der Waals surface area contributed by atoms with E-state index in [9.17, 15) is 0 Å². The van der Waals surface area contributed by atoms with E-state index in [1.807, 2.05) is 24.3 Å². The van der Waals surface area contributed by atoms with Crippen LogP contribution in [0.15, 0.2) is 40.1 Å². The van der Waals surface area contributed by atoms with E-state index in [0.29, 0.717) is 34.7 Å². The monoisotopic (exact) mass is 239 g/mol. The van der Waals surface area contributed by atoms with Crippen molar-refractivity contribution in [3.8, 4) is 0 Å². The van der Waals surface area contributed by atoms with Gasteiger partial charge in [0.05, 0.1) is 4.90 Å². The summed E-state index contributed by atoms with van der Waals surface area (Å²) < 4.78 is 18.2. The number of nitrogens with two attached hydrogens (primary N) is 1. The molecule has 0 aliphatic rings. The highest BCUT2D eigenvalue weighted by molar-refractivity contribution is 7.94. The standard InChI is InChI=1S/C10H9NO2S2/c11-8-5-4-6-7(10(8)15-13)2-1-3-9(6)14-12/h1-5,12-13H,11H2. The molecule has 4 N–H and O–H groups in total. The molecule has 0 unspecified atom stereocenters. The highest BCUT2D eigenvalue weighted by atomic mass is 32.2. The SMILES string of the molecule is Nc1ccc2c(SO)cccc2c1SO. The zero-order valence-corrected chi connectivity index (χ0v) is 9.31. The lowest BCUT2D eigenvalue weighted by Crippen LogP contribution is -1.90. The number of benzene rings is 2. The molecule has 0 spiro atoms. The molecule has 2 aromatic rings. The number of anilines is 1. The van der Waals surface area contributed by atoms with E-state index >= 15 is 0 Å². The Hall–Kier alpha value is -0.880. The lowest BCUT2D eigenvalue weighted by molar-refractivity contribution is 0.663. The Morgan fingerprint density at radius 2 is 1.73 bits per heavy atom. The van der Waals surface area contributed by atoms with Crippen LogP contribution in [-0.4, -0.2) is 9.11 Å². The molecule has 3 nitrogen and oxygen atoms in total. The van der Waals surface area contributed by atoms with Crippen LogP contribution in [0.3, 0.4) is 0 Å². The first kappa shape index (κ1) is 10.6. The molecule has 0 aliphatic carbocycles. The normalized spacial score (nSPS) is 10.8. The highest BCUT2D eigenvalue weighted by Gasteiger charge is 2.08. The fourth-order valence-electron chi connectivity index (χ4n) is 1.50. The number of hydrogen-bond donors (Lipinski definition) is 3. The zero-order chi connectivity index (χ0) is 10.8. The fourth-order valence-corrected chi connectivity index (χ4v) is 2.37. The van der Waals surface area contributed by atoms with Crippen molar-refractivity contribution in [1.29, 1.82) is 0 Å². The van der Waals surface area contributed by atoms with Crippen LogP contribution in [0.2, 0.25) is 0 Å². The summed E-state index contributed by atoms with van der Waals surface area (Å²) in [7, 11) is 0. The van der Waals surface area contributed by atoms with Crippen LogP contribution in [0.1, 0.15) is 0 Å². The Kier molecular flexibility index (Phi) is 3.06. The van der Waals surface area contributed by atoms with Gasteiger partial charge in [-0.05, 0) is 17.5 Å². The predicted octanol–water partition coefficient (Wildman–Crippen LogP) is 3.55. The molecule has 0 bridgehead atoms. The molecule has 0 aliphatic heterocycles. The van der Waals surface area contributed by atoms with Crippen molar-refractivity contribution in [2.45, 2.75) is 9.79 Å². The molecule has 0 heterocycles. The third-order valence-corrected chi connectivity index (χ3v) is 3.38. The maximum absolute atomic E-state index is 9.15. The lowest BCUT2D eigenvalue weighted by atomic mass is 10.1. The van der Waals surface area contributed by atoms with Crippen LogP contribution in [0.25, 0.3) is 10.8 Å². The summed E-state index contributed by atoms with van der Waals surface area (Å²) in [4.78, 5) is 1.38. The number of fused-ring (bicyclic) bond motifs is 1. The summed E-state index contributed by atoms with van der Waals surface area (Å²) in [5, 5.41) is 1.73. The summed E-state index contributed by atoms with van der Waals surface area (Å²) in [6, 6.07) is 9.06. The third-order valence-electron chi connectivity index (χ3n) is 2.19. The summed E-state index contributed by atoms with van der Waals surface area (Å²) in [6.07, 6.45) is 0. The molecule has 2 aromatic carbocycles. The van der Waals surface area contributed by atoms with Crippen molar-refractivity contribution in [1.82, 2.24) is 0 Å². The predicted molar refractivity (Wildman–Crippen MR) is 65.3 cm³/mol. The van der Waals surface area contributed by atoms with Gasteiger partial charge in [-0.25, -0.2) is 0 Å². The molecule has 0 amide bonds. The van der Waals surface area contributed by atoms with Crippen molar-refractivity contribution in [3.05, 3.63) is 30.3 Å². The van der Waals surface area contributed by atoms with E-state index in [1.54, 1.807) is 6.07 Å². The molecule has 0 aromatic heterocycles. The van der Waals surface area contributed by atoms with Crippen molar-refractivity contribution < 1.29 is 9.11 Å². The molecule has 0 saturated carbocycles. The van der Waals surface area contributed by atoms with Gasteiger partial charge in [-0.2, -0.15) is 0 Å². The fraction of sp³-hybridized carbons (Fsp3) is 0. The average molecular weight is 239 g/mol. The first-order valence-electron chi connectivity index (χ1n) is 4.22. The van der Waals surface area contributed by atoms with Gasteiger partial charge >= 0.3 is 0 Å². The highest BCUT2D eigenvalue weighted by Crippen LogP contribution is 2.35. The summed E-state index contributed by atoms with van der Waals surface area (Å²) in [5.74, 6) is 0. The lowest BCUT2D eigenvalue weighted by Gasteiger charge is -2.08. The number of rotatable bonds is 2. The van der Waals surface area contributed by atoms with Gasteiger partial charge in [0.15, 0.2) is 0 Å². The van der Waals surface area contributed by atoms with E-state index in [4.69, 9.17) is 14.8 Å². The minimum Gasteiger partial charge on any atom is -0.398 e. The van der Waals surface area contributed by atoms with Gasteiger partial charge in [0.1, 0.15) is 0 Å². The van der Waals surface area contributed by atoms with Crippen LogP contribution in [0, 0.1) is 0 Å². The Morgan fingerprint density at radius 1 is 0.933 bits per heavy atom. The van der Waals surface area contributed by atoms with E-state index < -0.39 is 0 Å². The summed E-state index contributed by atoms with van der Waals surface area (Å²) in [6.45, 7) is 0. The quantitative estimate of drug-likeness (QED) is 0.552. The van der Waals surface area contributed by atoms with Crippen LogP contribution in [0.4, 0.5) is 5.69 Å². The zero-order valence-electron chi connectivity index (χ0n) is 7.68. The molecular formula is C10H9NO2S2. The molecule has 0 saturated heterocycles. The average Bonchev–Trinajstić information content (AvgIpc) is 2.28. The van der Waals surface area contributed by atoms with Gasteiger partial charge < -0.3 is 14.8 Å². The molecule has 0 radical (unpaired) electrons. The molecule has 0 fully saturated rings. The molecular weight excluding hydrogens is 230 g/mol. The molecule has 15 heavy (non-hydrogen) atoms. The second-order valence-electron chi connectivity index (χ2n) is 3.02. The second kappa shape index (κ2) is 4.32. The largest absolute Gasteiger partial charge is 0.398 e. The minimum atomic E-state index is 0.537. The molecule has 5 heteroatoms. The Balaban J connectivity index is 2.82. The molecule has 0 atom stereocenters. The van der Waals surface area contributed by atoms with E-state index in [2.05, 4.69) is 0 Å². The maximum Gasteiger partial charge on any atom is 0.0658 e. The van der Waals surface area contributed by atoms with Crippen molar-refractivity contribution in [2.24, 2.45) is 0 Å². The second-order valence-corrected chi connectivity index (χ2v) is 4.23. The van der Waals surface area contributed by atoms with Crippen LogP contribution >= 0.6 is 24.1 Å². The number of hydrogen-bond acceptors (Lipinski definition) is 5. The van der Waals surface area contributed by atoms with Crippen LogP contribution in [0.5, 0.6) is 0 Å². The topological polar surface area (TPSA) is 66.5 Å². The van der Waals surface area contributed by atoms with Gasteiger partial charge in [0.2, 0.25) is 0 Å².